The van der Waals surface area contributed by atoms with Gasteiger partial charge in [-0.1, -0.05) is 0 Å². The standard InChI is InChI=1S/C16H16N8O3/c1-27-12-4-2-11(3-5-12)23-8-10(6-14(23)25)19-16(26)13-7-17-20-15(13)24-9-18-21-22-24/h2-5,7,9-10H,6,8H2,1H3,(H,17,20)(H,19,26)/t10-/m1/s1. The predicted octanol–water partition coefficient (Wildman–Crippen LogP) is -0.0707. The number of carbonyl (C=O) groups is 2. The number of amides is 2. The number of H-pyrrole nitrogens is 1. The van der Waals surface area contributed by atoms with Gasteiger partial charge in [0.15, 0.2) is 5.82 Å². The maximum absolute atomic E-state index is 12.6. The maximum atomic E-state index is 12.6. The summed E-state index contributed by atoms with van der Waals surface area (Å²) < 4.78 is 6.44. The lowest BCUT2D eigenvalue weighted by atomic mass is 10.2. The number of nitrogens with zero attached hydrogens (tertiary/aromatic N) is 6. The van der Waals surface area contributed by atoms with Crippen molar-refractivity contribution in [3.05, 3.63) is 42.4 Å². The van der Waals surface area contributed by atoms with Gasteiger partial charge in [0.05, 0.1) is 19.3 Å². The number of rotatable bonds is 5. The van der Waals surface area contributed by atoms with Crippen molar-refractivity contribution >= 4 is 17.5 Å². The quantitative estimate of drug-likeness (QED) is 0.644. The molecule has 1 aliphatic heterocycles. The van der Waals surface area contributed by atoms with Gasteiger partial charge in [-0.15, -0.1) is 5.10 Å². The molecule has 1 aliphatic rings. The molecule has 27 heavy (non-hydrogen) atoms. The highest BCUT2D eigenvalue weighted by Crippen LogP contribution is 2.24. The van der Waals surface area contributed by atoms with E-state index in [0.717, 1.165) is 5.69 Å². The van der Waals surface area contributed by atoms with Crippen LogP contribution in [0.1, 0.15) is 16.8 Å². The number of ether oxygens (including phenoxy) is 1. The lowest BCUT2D eigenvalue weighted by molar-refractivity contribution is -0.117. The molecule has 1 atom stereocenters. The number of tetrazole rings is 1. The van der Waals surface area contributed by atoms with Crippen LogP contribution in [-0.2, 0) is 4.79 Å². The summed E-state index contributed by atoms with van der Waals surface area (Å²) in [5.41, 5.74) is 1.05. The molecule has 0 saturated carbocycles. The fourth-order valence-corrected chi connectivity index (χ4v) is 2.96. The number of carbonyl (C=O) groups excluding carboxylic acids is 2. The van der Waals surface area contributed by atoms with Crippen molar-refractivity contribution in [3.63, 3.8) is 0 Å². The Kier molecular flexibility index (Phi) is 4.24. The molecule has 2 amide bonds. The maximum Gasteiger partial charge on any atom is 0.257 e. The molecule has 0 unspecified atom stereocenters. The molecule has 138 valence electrons. The minimum Gasteiger partial charge on any atom is -0.497 e. The molecule has 0 aliphatic carbocycles. The van der Waals surface area contributed by atoms with Crippen LogP contribution >= 0.6 is 0 Å². The number of anilines is 1. The van der Waals surface area contributed by atoms with Gasteiger partial charge in [-0.3, -0.25) is 14.7 Å². The van der Waals surface area contributed by atoms with Gasteiger partial charge in [0.25, 0.3) is 5.91 Å². The van der Waals surface area contributed by atoms with Crippen LogP contribution in [0.15, 0.2) is 36.8 Å². The van der Waals surface area contributed by atoms with Gasteiger partial charge in [0.1, 0.15) is 17.6 Å². The minimum absolute atomic E-state index is 0.0571. The average molecular weight is 368 g/mol. The Morgan fingerprint density at radius 1 is 1.33 bits per heavy atom. The first-order valence-electron chi connectivity index (χ1n) is 8.17. The summed E-state index contributed by atoms with van der Waals surface area (Å²) in [6.45, 7) is 0.384. The van der Waals surface area contributed by atoms with E-state index < -0.39 is 0 Å². The molecular weight excluding hydrogens is 352 g/mol. The Morgan fingerprint density at radius 2 is 2.15 bits per heavy atom. The molecule has 1 aromatic carbocycles. The summed E-state index contributed by atoms with van der Waals surface area (Å²) in [6.07, 6.45) is 2.97. The van der Waals surface area contributed by atoms with Crippen LogP contribution < -0.4 is 15.0 Å². The second-order valence-corrected chi connectivity index (χ2v) is 5.96. The van der Waals surface area contributed by atoms with Crippen LogP contribution in [0.5, 0.6) is 5.75 Å². The zero-order valence-electron chi connectivity index (χ0n) is 14.4. The van der Waals surface area contributed by atoms with E-state index in [1.807, 2.05) is 12.1 Å². The molecule has 3 heterocycles. The Labute approximate surface area is 153 Å². The average Bonchev–Trinajstić information content (AvgIpc) is 3.42. The summed E-state index contributed by atoms with van der Waals surface area (Å²) in [7, 11) is 1.58. The van der Waals surface area contributed by atoms with Crippen LogP contribution in [-0.4, -0.2) is 61.9 Å². The van der Waals surface area contributed by atoms with Gasteiger partial charge in [-0.2, -0.15) is 9.78 Å². The third-order valence-electron chi connectivity index (χ3n) is 4.29. The molecule has 11 nitrogen and oxygen atoms in total. The monoisotopic (exact) mass is 368 g/mol. The molecule has 11 heteroatoms. The van der Waals surface area contributed by atoms with E-state index in [0.29, 0.717) is 18.1 Å². The highest BCUT2D eigenvalue weighted by molar-refractivity contribution is 6.00. The molecule has 0 bridgehead atoms. The second-order valence-electron chi connectivity index (χ2n) is 5.96. The molecule has 2 N–H and O–H groups in total. The number of hydrogen-bond donors (Lipinski definition) is 2. The third-order valence-corrected chi connectivity index (χ3v) is 4.29. The minimum atomic E-state index is -0.358. The number of aromatic nitrogens is 6. The molecule has 1 saturated heterocycles. The normalized spacial score (nSPS) is 16.6. The van der Waals surface area contributed by atoms with Crippen molar-refractivity contribution < 1.29 is 14.3 Å². The van der Waals surface area contributed by atoms with Gasteiger partial charge in [-0.25, -0.2) is 0 Å². The third kappa shape index (κ3) is 3.21. The highest BCUT2D eigenvalue weighted by atomic mass is 16.5. The zero-order chi connectivity index (χ0) is 18.8. The van der Waals surface area contributed by atoms with Crippen LogP contribution in [0.4, 0.5) is 5.69 Å². The summed E-state index contributed by atoms with van der Waals surface area (Å²) in [5.74, 6) is 0.654. The summed E-state index contributed by atoms with van der Waals surface area (Å²) in [6, 6.07) is 6.89. The molecule has 3 aromatic rings. The Balaban J connectivity index is 1.46. The highest BCUT2D eigenvalue weighted by Gasteiger charge is 2.32. The summed E-state index contributed by atoms with van der Waals surface area (Å²) >= 11 is 0. The number of methoxy groups -OCH3 is 1. The fourth-order valence-electron chi connectivity index (χ4n) is 2.96. The SMILES string of the molecule is COc1ccc(N2C[C@H](NC(=O)c3cn[nH]c3-n3cnnn3)CC2=O)cc1. The Hall–Kier alpha value is -3.76. The van der Waals surface area contributed by atoms with Crippen LogP contribution in [0.2, 0.25) is 0 Å². The molecule has 1 fully saturated rings. The second kappa shape index (κ2) is 6.86. The Morgan fingerprint density at radius 3 is 2.85 bits per heavy atom. The lowest BCUT2D eigenvalue weighted by Crippen LogP contribution is -2.37. The van der Waals surface area contributed by atoms with E-state index in [9.17, 15) is 9.59 Å². The predicted molar refractivity (Wildman–Crippen MR) is 92.5 cm³/mol. The van der Waals surface area contributed by atoms with Crippen LogP contribution in [0, 0.1) is 0 Å². The van der Waals surface area contributed by atoms with Crippen LogP contribution in [0.3, 0.4) is 0 Å². The number of hydrogen-bond acceptors (Lipinski definition) is 7. The number of benzene rings is 1. The topological polar surface area (TPSA) is 131 Å². The summed E-state index contributed by atoms with van der Waals surface area (Å²) in [5, 5.41) is 20.3. The van der Waals surface area contributed by atoms with Gasteiger partial charge in [0, 0.05) is 18.7 Å². The van der Waals surface area contributed by atoms with Crippen molar-refractivity contribution in [2.75, 3.05) is 18.6 Å². The van der Waals surface area contributed by atoms with Crippen LogP contribution in [0.25, 0.3) is 5.82 Å². The van der Waals surface area contributed by atoms with E-state index in [-0.39, 0.29) is 29.8 Å². The molecular formula is C16H16N8O3. The zero-order valence-corrected chi connectivity index (χ0v) is 14.4. The number of nitrogens with one attached hydrogen (secondary N) is 2. The van der Waals surface area contributed by atoms with Gasteiger partial charge in [0.2, 0.25) is 5.91 Å². The van der Waals surface area contributed by atoms with E-state index in [1.54, 1.807) is 24.1 Å². The first kappa shape index (κ1) is 16.7. The first-order valence-corrected chi connectivity index (χ1v) is 8.17. The fraction of sp³-hybridized carbons (Fsp3) is 0.250. The van der Waals surface area contributed by atoms with Crippen molar-refractivity contribution in [1.29, 1.82) is 0 Å². The van der Waals surface area contributed by atoms with Crippen molar-refractivity contribution in [2.24, 2.45) is 0 Å². The first-order chi connectivity index (χ1) is 13.2. The smallest absolute Gasteiger partial charge is 0.257 e. The van der Waals surface area contributed by atoms with Crippen molar-refractivity contribution in [1.82, 2.24) is 35.7 Å². The largest absolute Gasteiger partial charge is 0.497 e. The summed E-state index contributed by atoms with van der Waals surface area (Å²) in [4.78, 5) is 26.6. The molecule has 4 rings (SSSR count). The van der Waals surface area contributed by atoms with Crippen molar-refractivity contribution in [2.45, 2.75) is 12.5 Å². The van der Waals surface area contributed by atoms with E-state index >= 15 is 0 Å². The molecule has 0 radical (unpaired) electrons. The van der Waals surface area contributed by atoms with Gasteiger partial charge >= 0.3 is 0 Å². The van der Waals surface area contributed by atoms with Crippen molar-refractivity contribution in [3.8, 4) is 11.6 Å². The lowest BCUT2D eigenvalue weighted by Gasteiger charge is -2.17. The molecule has 0 spiro atoms. The Bertz CT molecular complexity index is 950. The van der Waals surface area contributed by atoms with Gasteiger partial charge in [-0.05, 0) is 34.7 Å². The number of aromatic amines is 1. The molecule has 2 aromatic heterocycles. The van der Waals surface area contributed by atoms with E-state index in [1.165, 1.54) is 17.2 Å². The van der Waals surface area contributed by atoms with E-state index in [4.69, 9.17) is 4.74 Å². The van der Waals surface area contributed by atoms with Gasteiger partial charge < -0.3 is 15.0 Å². The van der Waals surface area contributed by atoms with E-state index in [2.05, 4.69) is 31.0 Å².